The molecule has 2 aromatic rings. The molecule has 0 aromatic carbocycles. The van der Waals surface area contributed by atoms with Crippen molar-refractivity contribution in [1.82, 2.24) is 14.9 Å². The first kappa shape index (κ1) is 14.5. The molecule has 2 aromatic heterocycles. The Hall–Kier alpha value is -1.95. The number of nitrogen functional groups attached to an aromatic ring is 1. The molecule has 0 bridgehead atoms. The zero-order valence-corrected chi connectivity index (χ0v) is 12.7. The third-order valence-electron chi connectivity index (χ3n) is 2.86. The number of nitrogens with zero attached hydrogens (tertiary/aromatic N) is 3. The van der Waals surface area contributed by atoms with Gasteiger partial charge in [0.05, 0.1) is 17.8 Å². The Balaban J connectivity index is 2.23. The van der Waals surface area contributed by atoms with Crippen LogP contribution in [0.1, 0.15) is 23.0 Å². The standard InChI is InChI=1S/C14H15BrN4O/c1-2-19(9-11-5-3-4-6-17-11)14(20)12-7-10(15)8-18-13(12)16/h3-8H,2,9H2,1H3,(H2,16,18). The Kier molecular flexibility index (Phi) is 4.68. The molecular weight excluding hydrogens is 320 g/mol. The van der Waals surface area contributed by atoms with E-state index in [1.807, 2.05) is 25.1 Å². The summed E-state index contributed by atoms with van der Waals surface area (Å²) in [5, 5.41) is 0. The molecule has 0 radical (unpaired) electrons. The highest BCUT2D eigenvalue weighted by Gasteiger charge is 2.18. The first-order chi connectivity index (χ1) is 9.61. The number of nitrogens with two attached hydrogens (primary N) is 1. The quantitative estimate of drug-likeness (QED) is 0.932. The van der Waals surface area contributed by atoms with Gasteiger partial charge in [-0.3, -0.25) is 9.78 Å². The molecule has 0 atom stereocenters. The average molecular weight is 335 g/mol. The number of halogens is 1. The minimum atomic E-state index is -0.149. The molecule has 2 heterocycles. The molecule has 0 fully saturated rings. The zero-order chi connectivity index (χ0) is 14.5. The second kappa shape index (κ2) is 6.47. The van der Waals surface area contributed by atoms with Crippen LogP contribution in [0.4, 0.5) is 5.82 Å². The van der Waals surface area contributed by atoms with Gasteiger partial charge >= 0.3 is 0 Å². The fourth-order valence-corrected chi connectivity index (χ4v) is 2.14. The van der Waals surface area contributed by atoms with Crippen LogP contribution in [0.2, 0.25) is 0 Å². The van der Waals surface area contributed by atoms with E-state index in [1.54, 1.807) is 23.4 Å². The van der Waals surface area contributed by atoms with Crippen molar-refractivity contribution in [2.45, 2.75) is 13.5 Å². The summed E-state index contributed by atoms with van der Waals surface area (Å²) in [6.45, 7) is 2.94. The summed E-state index contributed by atoms with van der Waals surface area (Å²) in [6.07, 6.45) is 3.28. The van der Waals surface area contributed by atoms with E-state index in [9.17, 15) is 4.79 Å². The summed E-state index contributed by atoms with van der Waals surface area (Å²) in [5.41, 5.74) is 7.02. The van der Waals surface area contributed by atoms with E-state index < -0.39 is 0 Å². The van der Waals surface area contributed by atoms with E-state index in [0.29, 0.717) is 18.7 Å². The van der Waals surface area contributed by atoms with Gasteiger partial charge in [-0.05, 0) is 41.1 Å². The number of carbonyl (C=O) groups is 1. The maximum Gasteiger partial charge on any atom is 0.257 e. The SMILES string of the molecule is CCN(Cc1ccccn1)C(=O)c1cc(Br)cnc1N. The van der Waals surface area contributed by atoms with E-state index in [1.165, 1.54) is 0 Å². The molecule has 20 heavy (non-hydrogen) atoms. The lowest BCUT2D eigenvalue weighted by Gasteiger charge is -2.21. The number of carbonyl (C=O) groups excluding carboxylic acids is 1. The molecule has 0 unspecified atom stereocenters. The van der Waals surface area contributed by atoms with E-state index >= 15 is 0 Å². The molecule has 2 N–H and O–H groups in total. The van der Waals surface area contributed by atoms with Crippen LogP contribution in [0.3, 0.4) is 0 Å². The van der Waals surface area contributed by atoms with Crippen LogP contribution < -0.4 is 5.73 Å². The third-order valence-corrected chi connectivity index (χ3v) is 3.30. The van der Waals surface area contributed by atoms with E-state index in [-0.39, 0.29) is 11.7 Å². The van der Waals surface area contributed by atoms with Crippen molar-refractivity contribution >= 4 is 27.7 Å². The van der Waals surface area contributed by atoms with Crippen molar-refractivity contribution in [1.29, 1.82) is 0 Å². The van der Waals surface area contributed by atoms with Crippen molar-refractivity contribution in [3.63, 3.8) is 0 Å². The highest BCUT2D eigenvalue weighted by atomic mass is 79.9. The minimum absolute atomic E-state index is 0.149. The third kappa shape index (κ3) is 3.33. The molecule has 1 amide bonds. The summed E-state index contributed by atoms with van der Waals surface area (Å²) in [7, 11) is 0. The maximum atomic E-state index is 12.5. The smallest absolute Gasteiger partial charge is 0.257 e. The normalized spacial score (nSPS) is 10.3. The molecule has 0 aliphatic rings. The molecule has 5 nitrogen and oxygen atoms in total. The van der Waals surface area contributed by atoms with E-state index in [0.717, 1.165) is 10.2 Å². The van der Waals surface area contributed by atoms with Gasteiger partial charge in [-0.1, -0.05) is 6.07 Å². The number of rotatable bonds is 4. The van der Waals surface area contributed by atoms with Crippen LogP contribution in [0.15, 0.2) is 41.1 Å². The Morgan fingerprint density at radius 3 is 2.85 bits per heavy atom. The van der Waals surface area contributed by atoms with Gasteiger partial charge in [-0.25, -0.2) is 4.98 Å². The second-order valence-corrected chi connectivity index (χ2v) is 5.14. The van der Waals surface area contributed by atoms with Crippen molar-refractivity contribution in [3.8, 4) is 0 Å². The second-order valence-electron chi connectivity index (χ2n) is 4.23. The van der Waals surface area contributed by atoms with Crippen molar-refractivity contribution in [3.05, 3.63) is 52.4 Å². The lowest BCUT2D eigenvalue weighted by atomic mass is 10.2. The summed E-state index contributed by atoms with van der Waals surface area (Å²) >= 11 is 3.30. The Bertz CT molecular complexity index is 603. The molecule has 0 aliphatic heterocycles. The monoisotopic (exact) mass is 334 g/mol. The molecule has 0 saturated heterocycles. The van der Waals surface area contributed by atoms with Gasteiger partial charge in [0.1, 0.15) is 5.82 Å². The van der Waals surface area contributed by atoms with Gasteiger partial charge in [0.2, 0.25) is 0 Å². The summed E-state index contributed by atoms with van der Waals surface area (Å²) < 4.78 is 0.726. The van der Waals surface area contributed by atoms with Gasteiger partial charge in [0.25, 0.3) is 5.91 Å². The lowest BCUT2D eigenvalue weighted by molar-refractivity contribution is 0.0751. The first-order valence-corrected chi connectivity index (χ1v) is 7.01. The van der Waals surface area contributed by atoms with Crippen LogP contribution in [-0.2, 0) is 6.54 Å². The fourth-order valence-electron chi connectivity index (χ4n) is 1.81. The van der Waals surface area contributed by atoms with Gasteiger partial charge in [-0.2, -0.15) is 0 Å². The zero-order valence-electron chi connectivity index (χ0n) is 11.1. The number of hydrogen-bond acceptors (Lipinski definition) is 4. The predicted molar refractivity (Wildman–Crippen MR) is 81.0 cm³/mol. The fraction of sp³-hybridized carbons (Fsp3) is 0.214. The highest BCUT2D eigenvalue weighted by Crippen LogP contribution is 2.18. The lowest BCUT2D eigenvalue weighted by Crippen LogP contribution is -2.31. The van der Waals surface area contributed by atoms with Crippen LogP contribution in [0.25, 0.3) is 0 Å². The van der Waals surface area contributed by atoms with Crippen molar-refractivity contribution in [2.75, 3.05) is 12.3 Å². The van der Waals surface area contributed by atoms with Gasteiger partial charge in [0, 0.05) is 23.4 Å². The summed E-state index contributed by atoms with van der Waals surface area (Å²) in [6, 6.07) is 7.32. The predicted octanol–water partition coefficient (Wildman–Crippen LogP) is 2.48. The topological polar surface area (TPSA) is 72.1 Å². The number of anilines is 1. The molecule has 2 rings (SSSR count). The molecule has 0 aliphatic carbocycles. The number of amides is 1. The molecule has 0 saturated carbocycles. The largest absolute Gasteiger partial charge is 0.383 e. The number of aromatic nitrogens is 2. The Morgan fingerprint density at radius 2 is 2.20 bits per heavy atom. The highest BCUT2D eigenvalue weighted by molar-refractivity contribution is 9.10. The number of pyridine rings is 2. The molecule has 104 valence electrons. The Morgan fingerprint density at radius 1 is 1.40 bits per heavy atom. The van der Waals surface area contributed by atoms with Gasteiger partial charge < -0.3 is 10.6 Å². The van der Waals surface area contributed by atoms with Crippen LogP contribution in [0.5, 0.6) is 0 Å². The van der Waals surface area contributed by atoms with Crippen LogP contribution in [-0.4, -0.2) is 27.3 Å². The van der Waals surface area contributed by atoms with Crippen molar-refractivity contribution in [2.24, 2.45) is 0 Å². The molecular formula is C14H15BrN4O. The van der Waals surface area contributed by atoms with E-state index in [2.05, 4.69) is 25.9 Å². The molecule has 0 spiro atoms. The minimum Gasteiger partial charge on any atom is -0.383 e. The summed E-state index contributed by atoms with van der Waals surface area (Å²) in [4.78, 5) is 22.4. The van der Waals surface area contributed by atoms with Crippen LogP contribution >= 0.6 is 15.9 Å². The van der Waals surface area contributed by atoms with E-state index in [4.69, 9.17) is 5.73 Å². The van der Waals surface area contributed by atoms with Gasteiger partial charge in [-0.15, -0.1) is 0 Å². The number of hydrogen-bond donors (Lipinski definition) is 1. The maximum absolute atomic E-state index is 12.5. The van der Waals surface area contributed by atoms with Crippen LogP contribution in [0, 0.1) is 0 Å². The van der Waals surface area contributed by atoms with Crippen molar-refractivity contribution < 1.29 is 4.79 Å². The van der Waals surface area contributed by atoms with Gasteiger partial charge in [0.15, 0.2) is 0 Å². The first-order valence-electron chi connectivity index (χ1n) is 6.22. The Labute approximate surface area is 126 Å². The summed E-state index contributed by atoms with van der Waals surface area (Å²) in [5.74, 6) is 0.0853. The molecule has 6 heteroatoms. The average Bonchev–Trinajstić information content (AvgIpc) is 2.47.